The van der Waals surface area contributed by atoms with E-state index in [0.717, 1.165) is 18.4 Å². The molecular formula is C13H14Cl2O2. The lowest BCUT2D eigenvalue weighted by atomic mass is 9.95. The topological polar surface area (TPSA) is 37.3 Å². The molecule has 17 heavy (non-hydrogen) atoms. The van der Waals surface area contributed by atoms with E-state index in [4.69, 9.17) is 28.3 Å². The van der Waals surface area contributed by atoms with Crippen molar-refractivity contribution in [2.45, 2.75) is 25.7 Å². The van der Waals surface area contributed by atoms with Gasteiger partial charge < -0.3 is 5.11 Å². The highest BCUT2D eigenvalue weighted by Crippen LogP contribution is 2.46. The second-order valence-corrected chi connectivity index (χ2v) is 5.51. The highest BCUT2D eigenvalue weighted by molar-refractivity contribution is 6.42. The Morgan fingerprint density at radius 3 is 2.82 bits per heavy atom. The minimum atomic E-state index is -0.681. The molecule has 0 aromatic heterocycles. The van der Waals surface area contributed by atoms with E-state index in [2.05, 4.69) is 6.92 Å². The minimum Gasteiger partial charge on any atom is -0.481 e. The monoisotopic (exact) mass is 272 g/mol. The molecule has 0 aliphatic heterocycles. The van der Waals surface area contributed by atoms with Gasteiger partial charge in [-0.2, -0.15) is 0 Å². The molecule has 3 unspecified atom stereocenters. The van der Waals surface area contributed by atoms with Crippen molar-refractivity contribution in [3.8, 4) is 0 Å². The average molecular weight is 273 g/mol. The Morgan fingerprint density at radius 2 is 2.24 bits per heavy atom. The van der Waals surface area contributed by atoms with E-state index in [-0.39, 0.29) is 17.8 Å². The standard InChI is InChI=1S/C13H14Cl2O2/c1-7(5-8-6-10(8)13(16)17)9-3-2-4-11(14)12(9)15/h2-4,7-8,10H,5-6H2,1H3,(H,16,17). The van der Waals surface area contributed by atoms with Gasteiger partial charge in [0, 0.05) is 0 Å². The fourth-order valence-corrected chi connectivity index (χ4v) is 2.79. The zero-order valence-corrected chi connectivity index (χ0v) is 11.0. The fourth-order valence-electron chi connectivity index (χ4n) is 2.29. The maximum absolute atomic E-state index is 10.8. The molecule has 1 saturated carbocycles. The predicted octanol–water partition coefficient (Wildman–Crippen LogP) is 4.21. The summed E-state index contributed by atoms with van der Waals surface area (Å²) in [7, 11) is 0. The van der Waals surface area contributed by atoms with Gasteiger partial charge in [-0.25, -0.2) is 0 Å². The molecule has 92 valence electrons. The lowest BCUT2D eigenvalue weighted by Gasteiger charge is -2.14. The van der Waals surface area contributed by atoms with Crippen molar-refractivity contribution in [1.82, 2.24) is 0 Å². The summed E-state index contributed by atoms with van der Waals surface area (Å²) in [6.07, 6.45) is 1.65. The van der Waals surface area contributed by atoms with Crippen molar-refractivity contribution in [2.24, 2.45) is 11.8 Å². The van der Waals surface area contributed by atoms with Crippen LogP contribution < -0.4 is 0 Å². The Balaban J connectivity index is 2.03. The molecule has 3 atom stereocenters. The molecule has 0 amide bonds. The number of hydrogen-bond acceptors (Lipinski definition) is 1. The van der Waals surface area contributed by atoms with Crippen LogP contribution in [0, 0.1) is 11.8 Å². The zero-order chi connectivity index (χ0) is 12.6. The highest BCUT2D eigenvalue weighted by atomic mass is 35.5. The molecule has 0 saturated heterocycles. The lowest BCUT2D eigenvalue weighted by molar-refractivity contribution is -0.138. The number of aliphatic carboxylic acids is 1. The normalized spacial score (nSPS) is 24.4. The van der Waals surface area contributed by atoms with Gasteiger partial charge in [0.25, 0.3) is 0 Å². The molecule has 1 fully saturated rings. The molecule has 0 heterocycles. The molecule has 2 rings (SSSR count). The van der Waals surface area contributed by atoms with Crippen LogP contribution in [-0.4, -0.2) is 11.1 Å². The highest BCUT2D eigenvalue weighted by Gasteiger charge is 2.43. The summed E-state index contributed by atoms with van der Waals surface area (Å²) in [5.74, 6) is -0.303. The third kappa shape index (κ3) is 2.75. The molecule has 1 aromatic rings. The third-order valence-electron chi connectivity index (χ3n) is 3.41. The molecule has 0 spiro atoms. The Kier molecular flexibility index (Phi) is 3.64. The van der Waals surface area contributed by atoms with E-state index in [0.29, 0.717) is 10.0 Å². The van der Waals surface area contributed by atoms with Gasteiger partial charge in [0.1, 0.15) is 0 Å². The Morgan fingerprint density at radius 1 is 1.53 bits per heavy atom. The summed E-state index contributed by atoms with van der Waals surface area (Å²) in [4.78, 5) is 10.8. The van der Waals surface area contributed by atoms with Gasteiger partial charge in [0.05, 0.1) is 16.0 Å². The fraction of sp³-hybridized carbons (Fsp3) is 0.462. The number of halogens is 2. The quantitative estimate of drug-likeness (QED) is 0.892. The number of carbonyl (C=O) groups is 1. The first-order chi connectivity index (χ1) is 8.00. The molecule has 0 bridgehead atoms. The van der Waals surface area contributed by atoms with Gasteiger partial charge in [-0.3, -0.25) is 4.79 Å². The summed E-state index contributed by atoms with van der Waals surface area (Å²) < 4.78 is 0. The Labute approximate surface area is 111 Å². The average Bonchev–Trinajstić information content (AvgIpc) is 3.01. The van der Waals surface area contributed by atoms with E-state index in [9.17, 15) is 4.79 Å². The summed E-state index contributed by atoms with van der Waals surface area (Å²) >= 11 is 12.1. The van der Waals surface area contributed by atoms with E-state index in [1.165, 1.54) is 0 Å². The first-order valence-electron chi connectivity index (χ1n) is 5.67. The third-order valence-corrected chi connectivity index (χ3v) is 4.24. The number of hydrogen-bond donors (Lipinski definition) is 1. The second-order valence-electron chi connectivity index (χ2n) is 4.72. The van der Waals surface area contributed by atoms with Gasteiger partial charge in [0.15, 0.2) is 0 Å². The molecule has 2 nitrogen and oxygen atoms in total. The first-order valence-corrected chi connectivity index (χ1v) is 6.43. The Hall–Kier alpha value is -0.730. The van der Waals surface area contributed by atoms with Crippen LogP contribution in [0.3, 0.4) is 0 Å². The number of rotatable bonds is 4. The maximum atomic E-state index is 10.8. The summed E-state index contributed by atoms with van der Waals surface area (Å²) in [6.45, 7) is 2.06. The predicted molar refractivity (Wildman–Crippen MR) is 68.7 cm³/mol. The summed E-state index contributed by atoms with van der Waals surface area (Å²) in [6, 6.07) is 5.59. The van der Waals surface area contributed by atoms with Crippen LogP contribution in [0.5, 0.6) is 0 Å². The molecular weight excluding hydrogens is 259 g/mol. The van der Waals surface area contributed by atoms with Crippen molar-refractivity contribution >= 4 is 29.2 Å². The van der Waals surface area contributed by atoms with Crippen LogP contribution in [0.2, 0.25) is 10.0 Å². The SMILES string of the molecule is CC(CC1CC1C(=O)O)c1cccc(Cl)c1Cl. The zero-order valence-electron chi connectivity index (χ0n) is 9.49. The molecule has 0 radical (unpaired) electrons. The minimum absolute atomic E-state index is 0.157. The lowest BCUT2D eigenvalue weighted by Crippen LogP contribution is -2.02. The van der Waals surface area contributed by atoms with Gasteiger partial charge >= 0.3 is 5.97 Å². The van der Waals surface area contributed by atoms with E-state index in [1.54, 1.807) is 6.07 Å². The van der Waals surface area contributed by atoms with Gasteiger partial charge in [-0.15, -0.1) is 0 Å². The van der Waals surface area contributed by atoms with Crippen molar-refractivity contribution in [3.05, 3.63) is 33.8 Å². The smallest absolute Gasteiger partial charge is 0.306 e. The van der Waals surface area contributed by atoms with E-state index in [1.807, 2.05) is 12.1 Å². The summed E-state index contributed by atoms with van der Waals surface area (Å²) in [5, 5.41) is 10.0. The van der Waals surface area contributed by atoms with Crippen LogP contribution in [0.15, 0.2) is 18.2 Å². The van der Waals surface area contributed by atoms with Crippen molar-refractivity contribution < 1.29 is 9.90 Å². The summed E-state index contributed by atoms with van der Waals surface area (Å²) in [5.41, 5.74) is 1.01. The van der Waals surface area contributed by atoms with Crippen LogP contribution in [-0.2, 0) is 4.79 Å². The van der Waals surface area contributed by atoms with Crippen LogP contribution >= 0.6 is 23.2 Å². The van der Waals surface area contributed by atoms with Crippen molar-refractivity contribution in [2.75, 3.05) is 0 Å². The molecule has 1 N–H and O–H groups in total. The van der Waals surface area contributed by atoms with Gasteiger partial charge in [0.2, 0.25) is 0 Å². The van der Waals surface area contributed by atoms with E-state index >= 15 is 0 Å². The van der Waals surface area contributed by atoms with Gasteiger partial charge in [-0.1, -0.05) is 42.3 Å². The number of benzene rings is 1. The molecule has 1 aromatic carbocycles. The van der Waals surface area contributed by atoms with Crippen molar-refractivity contribution in [1.29, 1.82) is 0 Å². The van der Waals surface area contributed by atoms with Crippen molar-refractivity contribution in [3.63, 3.8) is 0 Å². The van der Waals surface area contributed by atoms with Crippen LogP contribution in [0.1, 0.15) is 31.2 Å². The number of carboxylic acid groups (broad SMARTS) is 1. The molecule has 1 aliphatic carbocycles. The van der Waals surface area contributed by atoms with Crippen LogP contribution in [0.4, 0.5) is 0 Å². The maximum Gasteiger partial charge on any atom is 0.306 e. The first kappa shape index (κ1) is 12.7. The molecule has 1 aliphatic rings. The second kappa shape index (κ2) is 4.87. The van der Waals surface area contributed by atoms with Crippen LogP contribution in [0.25, 0.3) is 0 Å². The number of carboxylic acids is 1. The van der Waals surface area contributed by atoms with Gasteiger partial charge in [-0.05, 0) is 36.3 Å². The molecule has 4 heteroatoms. The van der Waals surface area contributed by atoms with E-state index < -0.39 is 5.97 Å². The largest absolute Gasteiger partial charge is 0.481 e. The Bertz CT molecular complexity index is 445.